The van der Waals surface area contributed by atoms with Crippen molar-refractivity contribution in [2.24, 2.45) is 0 Å². The van der Waals surface area contributed by atoms with Crippen LogP contribution in [0.2, 0.25) is 0 Å². The molecule has 0 aliphatic carbocycles. The fraction of sp³-hybridized carbons (Fsp3) is 0.200. The van der Waals surface area contributed by atoms with E-state index in [0.29, 0.717) is 44.3 Å². The molecule has 2 aromatic heterocycles. The van der Waals surface area contributed by atoms with Crippen LogP contribution in [-0.4, -0.2) is 56.5 Å². The van der Waals surface area contributed by atoms with Crippen LogP contribution in [0.1, 0.15) is 15.9 Å². The lowest BCUT2D eigenvalue weighted by Gasteiger charge is -2.35. The molecule has 3 heterocycles. The van der Waals surface area contributed by atoms with Crippen LogP contribution in [0.25, 0.3) is 16.9 Å². The van der Waals surface area contributed by atoms with E-state index >= 15 is 0 Å². The van der Waals surface area contributed by atoms with Gasteiger partial charge in [0.2, 0.25) is 5.95 Å². The molecule has 2 aromatic carbocycles. The molecule has 0 spiro atoms. The molecular weight excluding hydrogens is 476 g/mol. The zero-order valence-electron chi connectivity index (χ0n) is 18.9. The first kappa shape index (κ1) is 23.5. The zero-order valence-corrected chi connectivity index (χ0v) is 18.9. The van der Waals surface area contributed by atoms with Crippen LogP contribution in [0.5, 0.6) is 0 Å². The summed E-state index contributed by atoms with van der Waals surface area (Å²) >= 11 is 0. The average molecular weight is 496 g/mol. The fourth-order valence-electron chi connectivity index (χ4n) is 4.05. The molecule has 0 atom stereocenters. The van der Waals surface area contributed by atoms with Gasteiger partial charge in [0.25, 0.3) is 5.91 Å². The number of imidazole rings is 1. The number of anilines is 1. The number of benzene rings is 2. The third-order valence-corrected chi connectivity index (χ3v) is 5.98. The molecule has 1 aliphatic heterocycles. The normalized spacial score (nSPS) is 14.2. The largest absolute Gasteiger partial charge is 0.419 e. The van der Waals surface area contributed by atoms with Gasteiger partial charge in [-0.1, -0.05) is 12.1 Å². The number of amides is 1. The van der Waals surface area contributed by atoms with E-state index in [1.807, 2.05) is 46.0 Å². The van der Waals surface area contributed by atoms with Gasteiger partial charge < -0.3 is 14.4 Å². The van der Waals surface area contributed by atoms with Gasteiger partial charge >= 0.3 is 6.18 Å². The molecule has 0 radical (unpaired) electrons. The summed E-state index contributed by atoms with van der Waals surface area (Å²) in [4.78, 5) is 29.2. The van der Waals surface area contributed by atoms with Gasteiger partial charge in [0.05, 0.1) is 17.6 Å². The highest BCUT2D eigenvalue weighted by molar-refractivity contribution is 5.94. The first-order chi connectivity index (χ1) is 17.3. The molecule has 0 unspecified atom stereocenters. The molecule has 0 N–H and O–H groups in total. The molecule has 1 aliphatic rings. The maximum Gasteiger partial charge on any atom is 0.419 e. The van der Waals surface area contributed by atoms with Gasteiger partial charge in [-0.15, -0.1) is 0 Å². The van der Waals surface area contributed by atoms with Gasteiger partial charge in [-0.05, 0) is 36.4 Å². The van der Waals surface area contributed by atoms with E-state index < -0.39 is 23.5 Å². The Hall–Kier alpha value is -4.28. The Labute approximate surface area is 203 Å². The van der Waals surface area contributed by atoms with Crippen molar-refractivity contribution in [1.29, 1.82) is 0 Å². The number of carbonyl (C=O) groups is 1. The highest BCUT2D eigenvalue weighted by atomic mass is 19.4. The Kier molecular flexibility index (Phi) is 6.13. The van der Waals surface area contributed by atoms with Crippen molar-refractivity contribution >= 4 is 11.9 Å². The van der Waals surface area contributed by atoms with Gasteiger partial charge in [-0.3, -0.25) is 4.79 Å². The van der Waals surface area contributed by atoms with Crippen LogP contribution in [0.3, 0.4) is 0 Å². The minimum atomic E-state index is -4.81. The van der Waals surface area contributed by atoms with E-state index in [0.717, 1.165) is 23.0 Å². The number of hydrogen-bond donors (Lipinski definition) is 0. The topological polar surface area (TPSA) is 67.2 Å². The Morgan fingerprint density at radius 1 is 0.917 bits per heavy atom. The Bertz CT molecular complexity index is 1360. The van der Waals surface area contributed by atoms with Gasteiger partial charge in [0, 0.05) is 61.6 Å². The number of aromatic nitrogens is 4. The smallest absolute Gasteiger partial charge is 0.337 e. The second-order valence-corrected chi connectivity index (χ2v) is 8.23. The quantitative estimate of drug-likeness (QED) is 0.391. The molecule has 0 saturated carbocycles. The van der Waals surface area contributed by atoms with E-state index in [4.69, 9.17) is 0 Å². The number of halogens is 4. The number of alkyl halides is 3. The molecule has 4 aromatic rings. The molecular formula is C25H20F4N6O. The Morgan fingerprint density at radius 2 is 1.67 bits per heavy atom. The van der Waals surface area contributed by atoms with Crippen LogP contribution >= 0.6 is 0 Å². The summed E-state index contributed by atoms with van der Waals surface area (Å²) in [5.41, 5.74) is 1.12. The molecule has 1 amide bonds. The van der Waals surface area contributed by atoms with E-state index in [1.54, 1.807) is 18.7 Å². The number of nitrogens with zero attached hydrogens (tertiary/aromatic N) is 6. The van der Waals surface area contributed by atoms with E-state index in [9.17, 15) is 22.4 Å². The Morgan fingerprint density at radius 3 is 2.31 bits per heavy atom. The van der Waals surface area contributed by atoms with Crippen molar-refractivity contribution in [2.45, 2.75) is 6.18 Å². The summed E-state index contributed by atoms with van der Waals surface area (Å²) in [6.07, 6.45) is 2.14. The second-order valence-electron chi connectivity index (χ2n) is 8.23. The molecule has 1 fully saturated rings. The van der Waals surface area contributed by atoms with E-state index in [1.165, 1.54) is 4.90 Å². The van der Waals surface area contributed by atoms with E-state index in [2.05, 4.69) is 15.0 Å². The molecule has 11 heteroatoms. The number of piperazine rings is 1. The molecule has 7 nitrogen and oxygen atoms in total. The summed E-state index contributed by atoms with van der Waals surface area (Å²) in [6.45, 7) is 1.46. The SMILES string of the molecule is O=C(c1ccc(C(F)(F)F)c(F)c1)N1CCN(c2nccc(-c3ccc(-n4ccnc4)cc3)n2)CC1. The van der Waals surface area contributed by atoms with Crippen molar-refractivity contribution in [1.82, 2.24) is 24.4 Å². The minimum Gasteiger partial charge on any atom is -0.337 e. The molecule has 184 valence electrons. The number of rotatable bonds is 4. The molecule has 5 rings (SSSR count). The van der Waals surface area contributed by atoms with Gasteiger partial charge in [-0.25, -0.2) is 19.3 Å². The average Bonchev–Trinajstić information content (AvgIpc) is 3.43. The first-order valence-electron chi connectivity index (χ1n) is 11.1. The van der Waals surface area contributed by atoms with Crippen molar-refractivity contribution in [3.8, 4) is 16.9 Å². The van der Waals surface area contributed by atoms with Crippen molar-refractivity contribution in [3.05, 3.63) is 90.4 Å². The lowest BCUT2D eigenvalue weighted by molar-refractivity contribution is -0.140. The van der Waals surface area contributed by atoms with E-state index in [-0.39, 0.29) is 5.56 Å². The zero-order chi connectivity index (χ0) is 25.3. The maximum atomic E-state index is 13.9. The van der Waals surface area contributed by atoms with Crippen molar-refractivity contribution in [2.75, 3.05) is 31.1 Å². The molecule has 0 bridgehead atoms. The summed E-state index contributed by atoms with van der Waals surface area (Å²) in [5.74, 6) is -1.47. The molecule has 36 heavy (non-hydrogen) atoms. The highest BCUT2D eigenvalue weighted by Crippen LogP contribution is 2.32. The lowest BCUT2D eigenvalue weighted by atomic mass is 10.1. The number of hydrogen-bond acceptors (Lipinski definition) is 5. The summed E-state index contributed by atoms with van der Waals surface area (Å²) < 4.78 is 54.2. The van der Waals surface area contributed by atoms with Crippen LogP contribution in [0.15, 0.2) is 73.4 Å². The maximum absolute atomic E-state index is 13.9. The summed E-state index contributed by atoms with van der Waals surface area (Å²) in [6, 6.07) is 11.9. The number of carbonyl (C=O) groups excluding carboxylic acids is 1. The van der Waals surface area contributed by atoms with Gasteiger partial charge in [0.1, 0.15) is 5.82 Å². The van der Waals surface area contributed by atoms with Crippen molar-refractivity contribution in [3.63, 3.8) is 0 Å². The monoisotopic (exact) mass is 496 g/mol. The lowest BCUT2D eigenvalue weighted by Crippen LogP contribution is -2.49. The van der Waals surface area contributed by atoms with Gasteiger partial charge in [0.15, 0.2) is 0 Å². The van der Waals surface area contributed by atoms with Crippen LogP contribution in [0.4, 0.5) is 23.5 Å². The van der Waals surface area contributed by atoms with Crippen molar-refractivity contribution < 1.29 is 22.4 Å². The van der Waals surface area contributed by atoms with Crippen LogP contribution in [-0.2, 0) is 6.18 Å². The fourth-order valence-corrected chi connectivity index (χ4v) is 4.05. The first-order valence-corrected chi connectivity index (χ1v) is 11.1. The predicted octanol–water partition coefficient (Wildman–Crippen LogP) is 4.45. The summed E-state index contributed by atoms with van der Waals surface area (Å²) in [7, 11) is 0. The minimum absolute atomic E-state index is 0.119. The summed E-state index contributed by atoms with van der Waals surface area (Å²) in [5, 5.41) is 0. The third kappa shape index (κ3) is 4.77. The highest BCUT2D eigenvalue weighted by Gasteiger charge is 2.34. The van der Waals surface area contributed by atoms with Crippen LogP contribution in [0, 0.1) is 5.82 Å². The molecule has 1 saturated heterocycles. The Balaban J connectivity index is 1.25. The standard InChI is InChI=1S/C25H20F4N6O/c26-21-15-18(3-6-20(21)25(27,28)29)23(36)33-11-13-34(14-12-33)24-31-8-7-22(32-24)17-1-4-19(5-2-17)35-10-9-30-16-35/h1-10,15-16H,11-14H2. The predicted molar refractivity (Wildman–Crippen MR) is 124 cm³/mol. The van der Waals surface area contributed by atoms with Gasteiger partial charge in [-0.2, -0.15) is 13.2 Å². The second kappa shape index (κ2) is 9.40. The van der Waals surface area contributed by atoms with Crippen LogP contribution < -0.4 is 4.90 Å². The third-order valence-electron chi connectivity index (χ3n) is 5.98.